The summed E-state index contributed by atoms with van der Waals surface area (Å²) in [4.78, 5) is 10.1. The van der Waals surface area contributed by atoms with Gasteiger partial charge in [0.15, 0.2) is 0 Å². The molecule has 0 amide bonds. The summed E-state index contributed by atoms with van der Waals surface area (Å²) in [6, 6.07) is 15.4. The molecule has 0 aromatic heterocycles. The van der Waals surface area contributed by atoms with Crippen LogP contribution in [-0.2, 0) is 0 Å². The van der Waals surface area contributed by atoms with Crippen molar-refractivity contribution in [3.05, 3.63) is 68.6 Å². The Morgan fingerprint density at radius 2 is 1.24 bits per heavy atom. The molecule has 0 heterocycles. The first-order chi connectivity index (χ1) is 8.11. The molecule has 2 rings (SSSR count). The molecule has 88 valence electrons. The second kappa shape index (κ2) is 7.41. The van der Waals surface area contributed by atoms with Crippen LogP contribution >= 0.6 is 31.9 Å². The number of benzene rings is 2. The molecule has 0 saturated heterocycles. The predicted molar refractivity (Wildman–Crippen MR) is 78.4 cm³/mol. The predicted octanol–water partition coefficient (Wildman–Crippen LogP) is 5.02. The Kier molecular flexibility index (Phi) is 6.16. The van der Waals surface area contributed by atoms with Gasteiger partial charge in [-0.1, -0.05) is 61.7 Å². The lowest BCUT2D eigenvalue weighted by Crippen LogP contribution is -1.75. The first-order valence-electron chi connectivity index (χ1n) is 5.05. The maximum Gasteiger partial charge on any atom is 0.150 e. The summed E-state index contributed by atoms with van der Waals surface area (Å²) in [5.41, 5.74) is 2.01. The van der Waals surface area contributed by atoms with Crippen LogP contribution in [0.1, 0.15) is 15.9 Å². The Balaban J connectivity index is 0.000000171. The molecule has 0 spiro atoms. The minimum Gasteiger partial charge on any atom is -0.298 e. The zero-order chi connectivity index (χ0) is 12.7. The van der Waals surface area contributed by atoms with Gasteiger partial charge in [-0.3, -0.25) is 4.79 Å². The Labute approximate surface area is 118 Å². The lowest BCUT2D eigenvalue weighted by molar-refractivity contribution is 0.112. The van der Waals surface area contributed by atoms with E-state index in [2.05, 4.69) is 50.9 Å². The van der Waals surface area contributed by atoms with Gasteiger partial charge in [-0.15, -0.1) is 0 Å². The zero-order valence-electron chi connectivity index (χ0n) is 9.36. The van der Waals surface area contributed by atoms with Crippen molar-refractivity contribution in [2.45, 2.75) is 6.92 Å². The standard InChI is InChI=1S/C7H5BrO.C7H7Br/c8-7-3-1-6(5-9)2-4-7;1-6-2-4-7(8)5-3-6/h1-5H;2-5H,1H3. The van der Waals surface area contributed by atoms with Crippen LogP contribution < -0.4 is 0 Å². The second-order valence-electron chi connectivity index (χ2n) is 3.46. The Morgan fingerprint density at radius 3 is 1.59 bits per heavy atom. The summed E-state index contributed by atoms with van der Waals surface area (Å²) in [6.07, 6.45) is 0.826. The molecule has 1 nitrogen and oxygen atoms in total. The maximum atomic E-state index is 10.1. The fraction of sp³-hybridized carbons (Fsp3) is 0.0714. The fourth-order valence-corrected chi connectivity index (χ4v) is 1.60. The van der Waals surface area contributed by atoms with E-state index >= 15 is 0 Å². The van der Waals surface area contributed by atoms with Crippen LogP contribution in [0, 0.1) is 6.92 Å². The van der Waals surface area contributed by atoms with Crippen molar-refractivity contribution < 1.29 is 4.79 Å². The number of carbonyl (C=O) groups is 1. The van der Waals surface area contributed by atoms with Crippen LogP contribution in [0.2, 0.25) is 0 Å². The van der Waals surface area contributed by atoms with Crippen LogP contribution in [0.5, 0.6) is 0 Å². The highest BCUT2D eigenvalue weighted by Crippen LogP contribution is 2.09. The monoisotopic (exact) mass is 354 g/mol. The van der Waals surface area contributed by atoms with Gasteiger partial charge in [0.1, 0.15) is 6.29 Å². The first kappa shape index (κ1) is 14.1. The van der Waals surface area contributed by atoms with Crippen LogP contribution in [-0.4, -0.2) is 6.29 Å². The van der Waals surface area contributed by atoms with Gasteiger partial charge in [0.25, 0.3) is 0 Å². The average molecular weight is 356 g/mol. The summed E-state index contributed by atoms with van der Waals surface area (Å²) in [5.74, 6) is 0. The van der Waals surface area contributed by atoms with E-state index in [1.165, 1.54) is 5.56 Å². The quantitative estimate of drug-likeness (QED) is 0.656. The lowest BCUT2D eigenvalue weighted by atomic mass is 10.2. The molecule has 0 unspecified atom stereocenters. The average Bonchev–Trinajstić information content (AvgIpc) is 2.35. The van der Waals surface area contributed by atoms with Gasteiger partial charge in [-0.2, -0.15) is 0 Å². The normalized spacial score (nSPS) is 9.12. The number of halogens is 2. The Morgan fingerprint density at radius 1 is 0.824 bits per heavy atom. The number of aryl methyl sites for hydroxylation is 1. The Bertz CT molecular complexity index is 440. The number of aldehydes is 1. The van der Waals surface area contributed by atoms with Crippen molar-refractivity contribution in [3.8, 4) is 0 Å². The maximum absolute atomic E-state index is 10.1. The van der Waals surface area contributed by atoms with Gasteiger partial charge in [0.05, 0.1) is 0 Å². The van der Waals surface area contributed by atoms with Crippen LogP contribution in [0.3, 0.4) is 0 Å². The first-order valence-corrected chi connectivity index (χ1v) is 6.63. The molecule has 0 bridgehead atoms. The van der Waals surface area contributed by atoms with Crippen molar-refractivity contribution in [3.63, 3.8) is 0 Å². The third-order valence-electron chi connectivity index (χ3n) is 2.02. The topological polar surface area (TPSA) is 17.1 Å². The second-order valence-corrected chi connectivity index (χ2v) is 5.30. The minimum atomic E-state index is 0.707. The molecule has 0 fully saturated rings. The molecular weight excluding hydrogens is 344 g/mol. The van der Waals surface area contributed by atoms with Crippen LogP contribution in [0.25, 0.3) is 0 Å². The van der Waals surface area contributed by atoms with Gasteiger partial charge >= 0.3 is 0 Å². The van der Waals surface area contributed by atoms with Crippen molar-refractivity contribution >= 4 is 38.1 Å². The number of hydrogen-bond acceptors (Lipinski definition) is 1. The van der Waals surface area contributed by atoms with E-state index in [0.717, 1.165) is 15.2 Å². The van der Waals surface area contributed by atoms with E-state index in [-0.39, 0.29) is 0 Å². The number of rotatable bonds is 1. The van der Waals surface area contributed by atoms with Crippen molar-refractivity contribution in [1.82, 2.24) is 0 Å². The molecule has 0 aliphatic carbocycles. The molecule has 2 aromatic carbocycles. The van der Waals surface area contributed by atoms with E-state index in [4.69, 9.17) is 0 Å². The molecule has 2 aromatic rings. The van der Waals surface area contributed by atoms with E-state index in [1.807, 2.05) is 24.3 Å². The lowest BCUT2D eigenvalue weighted by Gasteiger charge is -1.88. The summed E-state index contributed by atoms with van der Waals surface area (Å²) < 4.78 is 2.14. The van der Waals surface area contributed by atoms with E-state index < -0.39 is 0 Å². The highest BCUT2D eigenvalue weighted by atomic mass is 79.9. The van der Waals surface area contributed by atoms with E-state index in [0.29, 0.717) is 5.56 Å². The molecule has 0 atom stereocenters. The molecule has 0 saturated carbocycles. The van der Waals surface area contributed by atoms with Gasteiger partial charge in [-0.25, -0.2) is 0 Å². The largest absolute Gasteiger partial charge is 0.298 e. The number of hydrogen-bond donors (Lipinski definition) is 0. The smallest absolute Gasteiger partial charge is 0.150 e. The fourth-order valence-electron chi connectivity index (χ4n) is 1.07. The van der Waals surface area contributed by atoms with Gasteiger partial charge in [0.2, 0.25) is 0 Å². The molecule has 0 aliphatic heterocycles. The molecule has 0 N–H and O–H groups in total. The van der Waals surface area contributed by atoms with Gasteiger partial charge < -0.3 is 0 Å². The Hall–Kier alpha value is -0.930. The van der Waals surface area contributed by atoms with Crippen LogP contribution in [0.4, 0.5) is 0 Å². The van der Waals surface area contributed by atoms with Crippen molar-refractivity contribution in [1.29, 1.82) is 0 Å². The summed E-state index contributed by atoms with van der Waals surface area (Å²) in [5, 5.41) is 0. The summed E-state index contributed by atoms with van der Waals surface area (Å²) in [6.45, 7) is 2.08. The minimum absolute atomic E-state index is 0.707. The third-order valence-corrected chi connectivity index (χ3v) is 3.07. The molecule has 17 heavy (non-hydrogen) atoms. The summed E-state index contributed by atoms with van der Waals surface area (Å²) >= 11 is 6.60. The molecular formula is C14H12Br2O. The van der Waals surface area contributed by atoms with Crippen LogP contribution in [0.15, 0.2) is 57.5 Å². The zero-order valence-corrected chi connectivity index (χ0v) is 12.5. The van der Waals surface area contributed by atoms with Crippen molar-refractivity contribution in [2.75, 3.05) is 0 Å². The molecule has 0 aliphatic rings. The SMILES string of the molecule is Cc1ccc(Br)cc1.O=Cc1ccc(Br)cc1. The van der Waals surface area contributed by atoms with E-state index in [1.54, 1.807) is 12.1 Å². The number of carbonyl (C=O) groups excluding carboxylic acids is 1. The summed E-state index contributed by atoms with van der Waals surface area (Å²) in [7, 11) is 0. The highest BCUT2D eigenvalue weighted by Gasteiger charge is 1.86. The molecule has 3 heteroatoms. The third kappa shape index (κ3) is 5.80. The highest BCUT2D eigenvalue weighted by molar-refractivity contribution is 9.10. The van der Waals surface area contributed by atoms with E-state index in [9.17, 15) is 4.79 Å². The van der Waals surface area contributed by atoms with Gasteiger partial charge in [-0.05, 0) is 31.2 Å². The molecule has 0 radical (unpaired) electrons. The van der Waals surface area contributed by atoms with Crippen molar-refractivity contribution in [2.24, 2.45) is 0 Å². The van der Waals surface area contributed by atoms with Gasteiger partial charge in [0, 0.05) is 14.5 Å².